The Morgan fingerprint density at radius 3 is 2.84 bits per heavy atom. The summed E-state index contributed by atoms with van der Waals surface area (Å²) in [5, 5.41) is 14.0. The molecule has 0 atom stereocenters. The number of rotatable bonds is 5. The van der Waals surface area contributed by atoms with E-state index in [1.807, 2.05) is 13.8 Å². The third-order valence-corrected chi connectivity index (χ3v) is 2.54. The number of hydrogen-bond acceptors (Lipinski definition) is 6. The second-order valence-electron chi connectivity index (χ2n) is 3.76. The van der Waals surface area contributed by atoms with E-state index < -0.39 is 4.92 Å². The molecule has 0 fully saturated rings. The minimum atomic E-state index is -0.496. The minimum absolute atomic E-state index is 0.144. The fourth-order valence-corrected chi connectivity index (χ4v) is 1.70. The molecule has 0 spiro atoms. The van der Waals surface area contributed by atoms with Crippen molar-refractivity contribution >= 4 is 11.6 Å². The zero-order valence-electron chi connectivity index (χ0n) is 10.7. The number of aryl methyl sites for hydroxylation is 1. The van der Waals surface area contributed by atoms with E-state index in [1.165, 1.54) is 6.20 Å². The van der Waals surface area contributed by atoms with Gasteiger partial charge in [0.2, 0.25) is 11.8 Å². The highest BCUT2D eigenvalue weighted by Crippen LogP contribution is 2.22. The predicted octanol–water partition coefficient (Wildman–Crippen LogP) is 1.56. The first kappa shape index (κ1) is 12.9. The molecule has 1 N–H and O–H groups in total. The molecule has 0 saturated heterocycles. The standard InChI is InChI=1S/C11H14N6O2/c1-3-9-13-5-6-16(9)10-8(17(18)19)7-14-11(15-10)12-4-2/h5-7H,3-4H2,1-2H3,(H,12,14,15). The molecule has 0 unspecified atom stereocenters. The normalized spacial score (nSPS) is 10.4. The molecule has 0 amide bonds. The maximum absolute atomic E-state index is 11.1. The molecule has 8 heteroatoms. The van der Waals surface area contributed by atoms with Crippen molar-refractivity contribution in [1.29, 1.82) is 0 Å². The minimum Gasteiger partial charge on any atom is -0.354 e. The van der Waals surface area contributed by atoms with Crippen molar-refractivity contribution in [2.75, 3.05) is 11.9 Å². The van der Waals surface area contributed by atoms with E-state index in [4.69, 9.17) is 0 Å². The van der Waals surface area contributed by atoms with E-state index in [0.29, 0.717) is 24.7 Å². The molecule has 2 aromatic heterocycles. The predicted molar refractivity (Wildman–Crippen MR) is 69.4 cm³/mol. The summed E-state index contributed by atoms with van der Waals surface area (Å²) >= 11 is 0. The fraction of sp³-hybridized carbons (Fsp3) is 0.364. The number of anilines is 1. The Labute approximate surface area is 109 Å². The molecule has 8 nitrogen and oxygen atoms in total. The average Bonchev–Trinajstić information content (AvgIpc) is 2.86. The van der Waals surface area contributed by atoms with E-state index in [0.717, 1.165) is 0 Å². The van der Waals surface area contributed by atoms with Crippen LogP contribution in [0, 0.1) is 10.1 Å². The van der Waals surface area contributed by atoms with Crippen LogP contribution in [0.4, 0.5) is 11.6 Å². The second kappa shape index (κ2) is 5.42. The van der Waals surface area contributed by atoms with E-state index in [-0.39, 0.29) is 11.5 Å². The van der Waals surface area contributed by atoms with Gasteiger partial charge in [-0.15, -0.1) is 0 Å². The van der Waals surface area contributed by atoms with Crippen LogP contribution in [0.1, 0.15) is 19.7 Å². The number of imidazole rings is 1. The van der Waals surface area contributed by atoms with Gasteiger partial charge in [0.05, 0.1) is 4.92 Å². The van der Waals surface area contributed by atoms with Crippen molar-refractivity contribution in [3.8, 4) is 5.82 Å². The summed E-state index contributed by atoms with van der Waals surface area (Å²) in [5.74, 6) is 1.30. The number of nitrogens with zero attached hydrogens (tertiary/aromatic N) is 5. The van der Waals surface area contributed by atoms with Gasteiger partial charge in [-0.25, -0.2) is 9.97 Å². The first-order valence-corrected chi connectivity index (χ1v) is 5.95. The monoisotopic (exact) mass is 262 g/mol. The Morgan fingerprint density at radius 2 is 2.21 bits per heavy atom. The number of aromatic nitrogens is 4. The van der Waals surface area contributed by atoms with Crippen molar-refractivity contribution in [2.45, 2.75) is 20.3 Å². The Morgan fingerprint density at radius 1 is 1.42 bits per heavy atom. The van der Waals surface area contributed by atoms with Crippen LogP contribution in [0.2, 0.25) is 0 Å². The van der Waals surface area contributed by atoms with Gasteiger partial charge in [-0.1, -0.05) is 6.92 Å². The molecule has 0 aliphatic heterocycles. The zero-order valence-corrected chi connectivity index (χ0v) is 10.7. The van der Waals surface area contributed by atoms with Gasteiger partial charge in [0.15, 0.2) is 0 Å². The highest BCUT2D eigenvalue weighted by molar-refractivity contribution is 5.49. The summed E-state index contributed by atoms with van der Waals surface area (Å²) in [6.45, 7) is 4.47. The molecule has 2 aromatic rings. The Hall–Kier alpha value is -2.51. The van der Waals surface area contributed by atoms with Gasteiger partial charge in [0.1, 0.15) is 12.0 Å². The summed E-state index contributed by atoms with van der Waals surface area (Å²) < 4.78 is 1.61. The fourth-order valence-electron chi connectivity index (χ4n) is 1.70. The molecule has 2 heterocycles. The molecule has 0 aromatic carbocycles. The van der Waals surface area contributed by atoms with Crippen LogP contribution in [-0.2, 0) is 6.42 Å². The smallest absolute Gasteiger partial charge is 0.330 e. The van der Waals surface area contributed by atoms with Crippen LogP contribution in [-0.4, -0.2) is 31.0 Å². The molecular formula is C11H14N6O2. The van der Waals surface area contributed by atoms with Crippen LogP contribution in [0.3, 0.4) is 0 Å². The summed E-state index contributed by atoms with van der Waals surface area (Å²) in [7, 11) is 0. The lowest BCUT2D eigenvalue weighted by Gasteiger charge is -2.08. The van der Waals surface area contributed by atoms with Gasteiger partial charge in [-0.2, -0.15) is 4.98 Å². The van der Waals surface area contributed by atoms with Gasteiger partial charge in [-0.3, -0.25) is 14.7 Å². The summed E-state index contributed by atoms with van der Waals surface area (Å²) in [4.78, 5) is 22.8. The number of nitrogens with one attached hydrogen (secondary N) is 1. The van der Waals surface area contributed by atoms with E-state index >= 15 is 0 Å². The third-order valence-electron chi connectivity index (χ3n) is 2.54. The van der Waals surface area contributed by atoms with Crippen molar-refractivity contribution in [1.82, 2.24) is 19.5 Å². The summed E-state index contributed by atoms with van der Waals surface area (Å²) in [6, 6.07) is 0. The van der Waals surface area contributed by atoms with Crippen molar-refractivity contribution in [2.24, 2.45) is 0 Å². The highest BCUT2D eigenvalue weighted by atomic mass is 16.6. The van der Waals surface area contributed by atoms with Gasteiger partial charge in [-0.05, 0) is 6.92 Å². The van der Waals surface area contributed by atoms with Crippen molar-refractivity contribution in [3.63, 3.8) is 0 Å². The molecule has 2 rings (SSSR count). The lowest BCUT2D eigenvalue weighted by atomic mass is 10.4. The summed E-state index contributed by atoms with van der Waals surface area (Å²) in [6.07, 6.45) is 5.12. The average molecular weight is 262 g/mol. The molecule has 0 radical (unpaired) electrons. The topological polar surface area (TPSA) is 98.8 Å². The molecule has 0 saturated carbocycles. The lowest BCUT2D eigenvalue weighted by molar-refractivity contribution is -0.385. The molecule has 19 heavy (non-hydrogen) atoms. The number of nitro groups is 1. The molecule has 100 valence electrons. The molecule has 0 aliphatic carbocycles. The Bertz CT molecular complexity index is 595. The SMILES string of the molecule is CCNc1ncc([N+](=O)[O-])c(-n2ccnc2CC)n1. The van der Waals surface area contributed by atoms with E-state index in [9.17, 15) is 10.1 Å². The largest absolute Gasteiger partial charge is 0.354 e. The maximum Gasteiger partial charge on any atom is 0.330 e. The Balaban J connectivity index is 2.57. The first-order valence-electron chi connectivity index (χ1n) is 5.95. The van der Waals surface area contributed by atoms with Gasteiger partial charge >= 0.3 is 5.69 Å². The van der Waals surface area contributed by atoms with Crippen molar-refractivity contribution in [3.05, 3.63) is 34.5 Å². The van der Waals surface area contributed by atoms with Gasteiger partial charge < -0.3 is 5.32 Å². The zero-order chi connectivity index (χ0) is 13.8. The lowest BCUT2D eigenvalue weighted by Crippen LogP contribution is -2.10. The third kappa shape index (κ3) is 2.51. The first-order chi connectivity index (χ1) is 9.17. The van der Waals surface area contributed by atoms with Crippen LogP contribution >= 0.6 is 0 Å². The number of hydrogen-bond donors (Lipinski definition) is 1. The quantitative estimate of drug-likeness (QED) is 0.648. The van der Waals surface area contributed by atoms with E-state index in [2.05, 4.69) is 20.3 Å². The van der Waals surface area contributed by atoms with Crippen LogP contribution in [0.25, 0.3) is 5.82 Å². The van der Waals surface area contributed by atoms with Crippen LogP contribution in [0.15, 0.2) is 18.6 Å². The molecule has 0 bridgehead atoms. The summed E-state index contributed by atoms with van der Waals surface area (Å²) in [5.41, 5.74) is -0.144. The second-order valence-corrected chi connectivity index (χ2v) is 3.76. The van der Waals surface area contributed by atoms with Crippen LogP contribution in [0.5, 0.6) is 0 Å². The van der Waals surface area contributed by atoms with Gasteiger partial charge in [0, 0.05) is 25.4 Å². The van der Waals surface area contributed by atoms with Gasteiger partial charge in [0.25, 0.3) is 0 Å². The van der Waals surface area contributed by atoms with Crippen molar-refractivity contribution < 1.29 is 4.92 Å². The maximum atomic E-state index is 11.1. The Kier molecular flexibility index (Phi) is 3.69. The highest BCUT2D eigenvalue weighted by Gasteiger charge is 2.20. The molecular weight excluding hydrogens is 248 g/mol. The van der Waals surface area contributed by atoms with E-state index in [1.54, 1.807) is 17.0 Å². The van der Waals surface area contributed by atoms with Crippen LogP contribution < -0.4 is 5.32 Å². The molecule has 0 aliphatic rings.